The van der Waals surface area contributed by atoms with Crippen molar-refractivity contribution in [2.24, 2.45) is 0 Å². The van der Waals surface area contributed by atoms with Gasteiger partial charge in [-0.1, -0.05) is 5.16 Å². The highest BCUT2D eigenvalue weighted by Crippen LogP contribution is 2.36. The number of carbonyl (C=O) groups excluding carboxylic acids is 1. The summed E-state index contributed by atoms with van der Waals surface area (Å²) < 4.78 is 54.8. The summed E-state index contributed by atoms with van der Waals surface area (Å²) in [5.41, 5.74) is 1.93. The van der Waals surface area contributed by atoms with Gasteiger partial charge in [-0.15, -0.1) is 0 Å². The second-order valence-electron chi connectivity index (χ2n) is 9.45. The van der Waals surface area contributed by atoms with Gasteiger partial charge >= 0.3 is 6.09 Å². The second-order valence-corrected chi connectivity index (χ2v) is 9.45. The molecule has 0 radical (unpaired) electrons. The van der Waals surface area contributed by atoms with Gasteiger partial charge in [0.05, 0.1) is 5.69 Å². The van der Waals surface area contributed by atoms with E-state index >= 15 is 0 Å². The van der Waals surface area contributed by atoms with E-state index in [2.05, 4.69) is 20.4 Å². The van der Waals surface area contributed by atoms with Gasteiger partial charge in [-0.2, -0.15) is 4.98 Å². The predicted octanol–water partition coefficient (Wildman–Crippen LogP) is 4.58. The van der Waals surface area contributed by atoms with Crippen LogP contribution >= 0.6 is 0 Å². The zero-order valence-electron chi connectivity index (χ0n) is 19.2. The number of aromatic nitrogens is 4. The van der Waals surface area contributed by atoms with Crippen LogP contribution in [0.2, 0.25) is 0 Å². The van der Waals surface area contributed by atoms with Crippen molar-refractivity contribution in [3.63, 3.8) is 0 Å². The molecule has 0 aliphatic heterocycles. The lowest BCUT2D eigenvalue weighted by Crippen LogP contribution is -2.46. The molecule has 1 aliphatic rings. The van der Waals surface area contributed by atoms with Gasteiger partial charge in [-0.3, -0.25) is 0 Å². The minimum absolute atomic E-state index is 0.0424. The van der Waals surface area contributed by atoms with Gasteiger partial charge in [-0.05, 0) is 44.5 Å². The van der Waals surface area contributed by atoms with Gasteiger partial charge in [0, 0.05) is 48.3 Å². The Morgan fingerprint density at radius 3 is 2.63 bits per heavy atom. The molecule has 0 fully saturated rings. The molecule has 2 unspecified atom stereocenters. The molecule has 0 bridgehead atoms. The number of pyridine rings is 1. The molecular weight excluding hydrogens is 463 g/mol. The van der Waals surface area contributed by atoms with E-state index in [0.717, 1.165) is 11.8 Å². The minimum atomic E-state index is -1.28. The maximum atomic E-state index is 14.8. The quantitative estimate of drug-likeness (QED) is 0.427. The number of ether oxygens (including phenoxy) is 1. The smallest absolute Gasteiger partial charge is 0.407 e. The third kappa shape index (κ3) is 4.45. The van der Waals surface area contributed by atoms with E-state index < -0.39 is 41.1 Å². The van der Waals surface area contributed by atoms with Crippen LogP contribution in [0.15, 0.2) is 41.3 Å². The number of hydrogen-bond donors (Lipinski definition) is 1. The molecule has 5 rings (SSSR count). The van der Waals surface area contributed by atoms with Crippen molar-refractivity contribution in [3.05, 3.63) is 71.2 Å². The van der Waals surface area contributed by atoms with Gasteiger partial charge < -0.3 is 19.0 Å². The number of benzene rings is 1. The number of amides is 1. The van der Waals surface area contributed by atoms with E-state index in [-0.39, 0.29) is 18.4 Å². The van der Waals surface area contributed by atoms with Crippen molar-refractivity contribution < 1.29 is 27.2 Å². The van der Waals surface area contributed by atoms with Gasteiger partial charge in [-0.25, -0.2) is 22.9 Å². The lowest BCUT2D eigenvalue weighted by atomic mass is 9.80. The molecule has 3 aromatic heterocycles. The molecule has 11 heteroatoms. The van der Waals surface area contributed by atoms with E-state index in [0.29, 0.717) is 28.9 Å². The fraction of sp³-hybridized carbons (Fsp3) is 0.333. The summed E-state index contributed by atoms with van der Waals surface area (Å²) in [5, 5.41) is 6.41. The lowest BCUT2D eigenvalue weighted by molar-refractivity contribution is 0.0493. The van der Waals surface area contributed by atoms with Gasteiger partial charge in [0.25, 0.3) is 5.89 Å². The van der Waals surface area contributed by atoms with Crippen molar-refractivity contribution >= 4 is 11.7 Å². The number of nitrogens with one attached hydrogen (secondary N) is 1. The largest absolute Gasteiger partial charge is 0.444 e. The van der Waals surface area contributed by atoms with Crippen LogP contribution < -0.4 is 5.32 Å². The molecule has 1 N–H and O–H groups in total. The molecule has 35 heavy (non-hydrogen) atoms. The van der Waals surface area contributed by atoms with E-state index in [1.54, 1.807) is 39.1 Å². The Labute approximate surface area is 198 Å². The molecule has 1 aliphatic carbocycles. The molecule has 182 valence electrons. The SMILES string of the molecule is CC(C)(C)OC(=O)NC1Cc2c(nc3cc(-c4ncno4)ccn23)CC1c1cc(F)c(F)cc1F. The topological polar surface area (TPSA) is 94.5 Å². The third-order valence-corrected chi connectivity index (χ3v) is 5.87. The standard InChI is InChI=1S/C24H22F3N5O3/c1-24(2,3)34-23(33)31-18-10-20-19(8-14(18)13-7-16(26)17(27)9-15(13)25)30-21-6-12(4-5-32(20)21)22-28-11-29-35-22/h4-7,9,11,14,18H,8,10H2,1-3H3,(H,31,33). The van der Waals surface area contributed by atoms with Crippen molar-refractivity contribution in [1.29, 1.82) is 0 Å². The fourth-order valence-electron chi connectivity index (χ4n) is 4.42. The van der Waals surface area contributed by atoms with Gasteiger partial charge in [0.1, 0.15) is 17.1 Å². The average molecular weight is 485 g/mol. The van der Waals surface area contributed by atoms with Crippen LogP contribution in [0.5, 0.6) is 0 Å². The summed E-state index contributed by atoms with van der Waals surface area (Å²) in [6, 6.07) is 4.26. The number of rotatable bonds is 3. The summed E-state index contributed by atoms with van der Waals surface area (Å²) in [6.07, 6.45) is 2.86. The van der Waals surface area contributed by atoms with Crippen molar-refractivity contribution in [3.8, 4) is 11.5 Å². The number of imidazole rings is 1. The molecule has 1 amide bonds. The van der Waals surface area contributed by atoms with Crippen LogP contribution in [-0.4, -0.2) is 37.3 Å². The normalized spacial score (nSPS) is 17.9. The first-order valence-corrected chi connectivity index (χ1v) is 11.0. The Morgan fingerprint density at radius 2 is 1.91 bits per heavy atom. The number of carbonyl (C=O) groups is 1. The molecule has 0 saturated carbocycles. The van der Waals surface area contributed by atoms with Gasteiger partial charge in [0.15, 0.2) is 18.0 Å². The maximum Gasteiger partial charge on any atom is 0.407 e. The summed E-state index contributed by atoms with van der Waals surface area (Å²) in [6.45, 7) is 5.18. The highest BCUT2D eigenvalue weighted by molar-refractivity contribution is 5.68. The van der Waals surface area contributed by atoms with Crippen LogP contribution in [0.4, 0.5) is 18.0 Å². The van der Waals surface area contributed by atoms with Crippen molar-refractivity contribution in [2.45, 2.75) is 51.2 Å². The zero-order valence-corrected chi connectivity index (χ0v) is 19.2. The van der Waals surface area contributed by atoms with E-state index in [9.17, 15) is 18.0 Å². The Kier molecular flexibility index (Phi) is 5.49. The zero-order chi connectivity index (χ0) is 24.9. The molecule has 8 nitrogen and oxygen atoms in total. The Bertz CT molecular complexity index is 1410. The fourth-order valence-corrected chi connectivity index (χ4v) is 4.42. The number of hydrogen-bond acceptors (Lipinski definition) is 6. The number of halogens is 3. The highest BCUT2D eigenvalue weighted by Gasteiger charge is 2.36. The molecule has 0 spiro atoms. The molecule has 4 aromatic rings. The first kappa shape index (κ1) is 22.9. The van der Waals surface area contributed by atoms with Crippen LogP contribution in [0.1, 0.15) is 43.6 Å². The van der Waals surface area contributed by atoms with Crippen molar-refractivity contribution in [1.82, 2.24) is 24.8 Å². The Hall–Kier alpha value is -3.89. The Morgan fingerprint density at radius 1 is 1.14 bits per heavy atom. The summed E-state index contributed by atoms with van der Waals surface area (Å²) in [7, 11) is 0. The lowest BCUT2D eigenvalue weighted by Gasteiger charge is -2.33. The monoisotopic (exact) mass is 485 g/mol. The van der Waals surface area contributed by atoms with Crippen LogP contribution in [-0.2, 0) is 17.6 Å². The molecular formula is C24H22F3N5O3. The van der Waals surface area contributed by atoms with Crippen LogP contribution in [0, 0.1) is 17.5 Å². The summed E-state index contributed by atoms with van der Waals surface area (Å²) >= 11 is 0. The van der Waals surface area contributed by atoms with Crippen LogP contribution in [0.25, 0.3) is 17.1 Å². The third-order valence-electron chi connectivity index (χ3n) is 5.87. The Balaban J connectivity index is 1.55. The number of nitrogens with zero attached hydrogens (tertiary/aromatic N) is 4. The average Bonchev–Trinajstić information content (AvgIpc) is 3.42. The van der Waals surface area contributed by atoms with E-state index in [4.69, 9.17) is 9.26 Å². The van der Waals surface area contributed by atoms with Crippen LogP contribution in [0.3, 0.4) is 0 Å². The maximum absolute atomic E-state index is 14.8. The first-order chi connectivity index (χ1) is 16.6. The molecule has 3 heterocycles. The minimum Gasteiger partial charge on any atom is -0.444 e. The molecule has 1 aromatic carbocycles. The first-order valence-electron chi connectivity index (χ1n) is 11.0. The highest BCUT2D eigenvalue weighted by atomic mass is 19.2. The summed E-state index contributed by atoms with van der Waals surface area (Å²) in [4.78, 5) is 21.3. The number of fused-ring (bicyclic) bond motifs is 3. The summed E-state index contributed by atoms with van der Waals surface area (Å²) in [5.74, 6) is -3.70. The predicted molar refractivity (Wildman–Crippen MR) is 118 cm³/mol. The van der Waals surface area contributed by atoms with Crippen molar-refractivity contribution in [2.75, 3.05) is 0 Å². The van der Waals surface area contributed by atoms with E-state index in [1.807, 2.05) is 4.40 Å². The van der Waals surface area contributed by atoms with E-state index in [1.165, 1.54) is 6.33 Å². The number of alkyl carbamates (subject to hydrolysis) is 1. The molecule has 2 atom stereocenters. The molecule has 0 saturated heterocycles. The van der Waals surface area contributed by atoms with Gasteiger partial charge in [0.2, 0.25) is 0 Å². The second kappa shape index (κ2) is 8.40.